The van der Waals surface area contributed by atoms with Crippen LogP contribution < -0.4 is 10.6 Å². The van der Waals surface area contributed by atoms with E-state index in [2.05, 4.69) is 10.6 Å². The van der Waals surface area contributed by atoms with E-state index in [4.69, 9.17) is 12.2 Å². The lowest BCUT2D eigenvalue weighted by atomic mass is 10.1. The molecule has 0 radical (unpaired) electrons. The Hall–Kier alpha value is -3.40. The highest BCUT2D eigenvalue weighted by molar-refractivity contribution is 7.80. The van der Waals surface area contributed by atoms with Crippen LogP contribution in [0, 0.1) is 34.1 Å². The summed E-state index contributed by atoms with van der Waals surface area (Å²) in [7, 11) is 0. The molecular formula is C16H14N4O5S. The molecule has 134 valence electrons. The third-order valence-electron chi connectivity index (χ3n) is 3.53. The molecule has 0 saturated carbocycles. The van der Waals surface area contributed by atoms with Gasteiger partial charge >= 0.3 is 0 Å². The predicted molar refractivity (Wildman–Crippen MR) is 99.4 cm³/mol. The molecule has 1 amide bonds. The van der Waals surface area contributed by atoms with E-state index in [0.29, 0.717) is 0 Å². The minimum atomic E-state index is -0.808. The summed E-state index contributed by atoms with van der Waals surface area (Å²) in [6.45, 7) is 3.73. The fraction of sp³-hybridized carbons (Fsp3) is 0.125. The average Bonchev–Trinajstić information content (AvgIpc) is 2.57. The number of hydrogen-bond donors (Lipinski definition) is 2. The minimum Gasteiger partial charge on any atom is -0.332 e. The number of thiocarbonyl (C=S) groups is 1. The van der Waals surface area contributed by atoms with E-state index in [9.17, 15) is 25.0 Å². The van der Waals surface area contributed by atoms with Crippen molar-refractivity contribution in [2.45, 2.75) is 13.8 Å². The molecule has 2 N–H and O–H groups in total. The van der Waals surface area contributed by atoms with Gasteiger partial charge in [-0.2, -0.15) is 0 Å². The van der Waals surface area contributed by atoms with Gasteiger partial charge in [0.25, 0.3) is 17.3 Å². The van der Waals surface area contributed by atoms with Gasteiger partial charge in [-0.05, 0) is 37.2 Å². The number of nitro benzene ring substituents is 2. The van der Waals surface area contributed by atoms with Crippen molar-refractivity contribution in [2.75, 3.05) is 5.32 Å². The van der Waals surface area contributed by atoms with Crippen molar-refractivity contribution in [1.82, 2.24) is 5.32 Å². The molecule has 0 bridgehead atoms. The number of aryl methyl sites for hydroxylation is 2. The van der Waals surface area contributed by atoms with Crippen molar-refractivity contribution in [3.05, 3.63) is 73.3 Å². The van der Waals surface area contributed by atoms with Crippen molar-refractivity contribution in [2.24, 2.45) is 0 Å². The second-order valence-corrected chi connectivity index (χ2v) is 5.84. The van der Waals surface area contributed by atoms with E-state index in [0.717, 1.165) is 35.0 Å². The highest BCUT2D eigenvalue weighted by Crippen LogP contribution is 2.23. The lowest BCUT2D eigenvalue weighted by Gasteiger charge is -2.14. The number of carbonyl (C=O) groups excluding carboxylic acids is 1. The number of benzene rings is 2. The Morgan fingerprint density at radius 3 is 1.96 bits per heavy atom. The van der Waals surface area contributed by atoms with Gasteiger partial charge in [-0.15, -0.1) is 0 Å². The molecule has 0 aliphatic carbocycles. The van der Waals surface area contributed by atoms with Crippen LogP contribution in [0.3, 0.4) is 0 Å². The predicted octanol–water partition coefficient (Wildman–Crippen LogP) is 3.25. The zero-order valence-electron chi connectivity index (χ0n) is 13.8. The highest BCUT2D eigenvalue weighted by atomic mass is 32.1. The van der Waals surface area contributed by atoms with Gasteiger partial charge in [-0.1, -0.05) is 18.2 Å². The molecule has 0 heterocycles. The fourth-order valence-electron chi connectivity index (χ4n) is 2.27. The number of rotatable bonds is 4. The Morgan fingerprint density at radius 1 is 1.00 bits per heavy atom. The van der Waals surface area contributed by atoms with E-state index in [1.807, 2.05) is 32.0 Å². The van der Waals surface area contributed by atoms with Gasteiger partial charge in [0.05, 0.1) is 21.5 Å². The lowest BCUT2D eigenvalue weighted by molar-refractivity contribution is -0.394. The van der Waals surface area contributed by atoms with Crippen LogP contribution in [-0.4, -0.2) is 20.9 Å². The number of amides is 1. The number of non-ortho nitro benzene ring substituents is 2. The Balaban J connectivity index is 2.23. The molecule has 0 saturated heterocycles. The van der Waals surface area contributed by atoms with Gasteiger partial charge in [-0.25, -0.2) is 0 Å². The number of nitrogens with zero attached hydrogens (tertiary/aromatic N) is 2. The van der Waals surface area contributed by atoms with Crippen LogP contribution in [0.5, 0.6) is 0 Å². The first-order chi connectivity index (χ1) is 12.2. The summed E-state index contributed by atoms with van der Waals surface area (Å²) in [4.78, 5) is 32.5. The maximum Gasteiger partial charge on any atom is 0.277 e. The number of anilines is 1. The second kappa shape index (κ2) is 7.66. The number of para-hydroxylation sites is 1. The van der Waals surface area contributed by atoms with Crippen LogP contribution >= 0.6 is 12.2 Å². The SMILES string of the molecule is Cc1cccc(C)c1NC(=S)NC(=O)c1cc([N+](=O)[O-])cc([N+](=O)[O-])c1. The molecule has 0 aromatic heterocycles. The molecule has 0 unspecified atom stereocenters. The summed E-state index contributed by atoms with van der Waals surface area (Å²) >= 11 is 5.09. The van der Waals surface area contributed by atoms with Crippen LogP contribution in [0.15, 0.2) is 36.4 Å². The largest absolute Gasteiger partial charge is 0.332 e. The second-order valence-electron chi connectivity index (χ2n) is 5.43. The molecule has 0 aliphatic rings. The molecular weight excluding hydrogens is 360 g/mol. The lowest BCUT2D eigenvalue weighted by Crippen LogP contribution is -2.34. The summed E-state index contributed by atoms with van der Waals surface area (Å²) in [5, 5.41) is 27.0. The van der Waals surface area contributed by atoms with Crippen LogP contribution in [0.4, 0.5) is 17.1 Å². The first-order valence-electron chi connectivity index (χ1n) is 7.31. The topological polar surface area (TPSA) is 127 Å². The van der Waals surface area contributed by atoms with E-state index in [-0.39, 0.29) is 10.7 Å². The maximum atomic E-state index is 12.3. The summed E-state index contributed by atoms with van der Waals surface area (Å²) in [6, 6.07) is 8.28. The normalized spacial score (nSPS) is 10.1. The monoisotopic (exact) mass is 374 g/mol. The van der Waals surface area contributed by atoms with Gasteiger partial charge in [0.1, 0.15) is 0 Å². The molecule has 0 spiro atoms. The van der Waals surface area contributed by atoms with E-state index in [1.165, 1.54) is 0 Å². The van der Waals surface area contributed by atoms with Gasteiger partial charge in [0.2, 0.25) is 0 Å². The third-order valence-corrected chi connectivity index (χ3v) is 3.74. The summed E-state index contributed by atoms with van der Waals surface area (Å²) in [6.07, 6.45) is 0. The molecule has 2 aromatic carbocycles. The van der Waals surface area contributed by atoms with Gasteiger partial charge < -0.3 is 5.32 Å². The zero-order chi connectivity index (χ0) is 19.4. The van der Waals surface area contributed by atoms with Crippen molar-refractivity contribution in [3.63, 3.8) is 0 Å². The molecule has 9 nitrogen and oxygen atoms in total. The molecule has 10 heteroatoms. The van der Waals surface area contributed by atoms with Crippen LogP contribution in [0.1, 0.15) is 21.5 Å². The average molecular weight is 374 g/mol. The first kappa shape index (κ1) is 18.9. The molecule has 0 atom stereocenters. The van der Waals surface area contributed by atoms with Crippen molar-refractivity contribution < 1.29 is 14.6 Å². The first-order valence-corrected chi connectivity index (χ1v) is 7.72. The van der Waals surface area contributed by atoms with Crippen LogP contribution in [0.25, 0.3) is 0 Å². The van der Waals surface area contributed by atoms with Crippen molar-refractivity contribution in [3.8, 4) is 0 Å². The number of nitrogens with one attached hydrogen (secondary N) is 2. The van der Waals surface area contributed by atoms with Crippen molar-refractivity contribution >= 4 is 40.3 Å². The Labute approximate surface area is 153 Å². The van der Waals surface area contributed by atoms with Gasteiger partial charge in [0, 0.05) is 17.8 Å². The quantitative estimate of drug-likeness (QED) is 0.477. The number of carbonyl (C=O) groups is 1. The maximum absolute atomic E-state index is 12.3. The molecule has 2 rings (SSSR count). The highest BCUT2D eigenvalue weighted by Gasteiger charge is 2.20. The minimum absolute atomic E-state index is 0.0263. The third kappa shape index (κ3) is 4.36. The molecule has 0 fully saturated rings. The van der Waals surface area contributed by atoms with Gasteiger partial charge in [-0.3, -0.25) is 30.3 Å². The van der Waals surface area contributed by atoms with E-state index < -0.39 is 27.1 Å². The van der Waals surface area contributed by atoms with Crippen LogP contribution in [0.2, 0.25) is 0 Å². The fourth-order valence-corrected chi connectivity index (χ4v) is 2.46. The summed E-state index contributed by atoms with van der Waals surface area (Å²) in [5.74, 6) is -0.791. The summed E-state index contributed by atoms with van der Waals surface area (Å²) in [5.41, 5.74) is 1.19. The van der Waals surface area contributed by atoms with Gasteiger partial charge in [0.15, 0.2) is 5.11 Å². The Bertz CT molecular complexity index is 876. The molecule has 2 aromatic rings. The molecule has 0 aliphatic heterocycles. The van der Waals surface area contributed by atoms with E-state index in [1.54, 1.807) is 0 Å². The zero-order valence-corrected chi connectivity index (χ0v) is 14.6. The summed E-state index contributed by atoms with van der Waals surface area (Å²) < 4.78 is 0. The number of hydrogen-bond acceptors (Lipinski definition) is 6. The molecule has 26 heavy (non-hydrogen) atoms. The smallest absolute Gasteiger partial charge is 0.277 e. The van der Waals surface area contributed by atoms with E-state index >= 15 is 0 Å². The van der Waals surface area contributed by atoms with Crippen LogP contribution in [-0.2, 0) is 0 Å². The standard InChI is InChI=1S/C16H14N4O5S/c1-9-4-3-5-10(2)14(9)17-16(26)18-15(21)11-6-12(19(22)23)8-13(7-11)20(24)25/h3-8H,1-2H3,(H2,17,18,21,26). The Morgan fingerprint density at radius 2 is 1.50 bits per heavy atom. The number of nitro groups is 2. The Kier molecular flexibility index (Phi) is 5.58. The van der Waals surface area contributed by atoms with Crippen molar-refractivity contribution in [1.29, 1.82) is 0 Å².